The van der Waals surface area contributed by atoms with Gasteiger partial charge in [0.1, 0.15) is 22.6 Å². The first kappa shape index (κ1) is 15.4. The van der Waals surface area contributed by atoms with E-state index in [-0.39, 0.29) is 16.6 Å². The van der Waals surface area contributed by atoms with E-state index < -0.39 is 11.0 Å². The van der Waals surface area contributed by atoms with Gasteiger partial charge < -0.3 is 4.74 Å². The second-order valence-electron chi connectivity index (χ2n) is 6.05. The van der Waals surface area contributed by atoms with Crippen LogP contribution in [-0.4, -0.2) is 26.9 Å². The number of ether oxygens (including phenoxy) is 1. The van der Waals surface area contributed by atoms with E-state index in [1.807, 2.05) is 25.1 Å². The maximum atomic E-state index is 13.5. The van der Waals surface area contributed by atoms with E-state index in [2.05, 4.69) is 0 Å². The Morgan fingerprint density at radius 2 is 2.10 bits per heavy atom. The minimum atomic E-state index is -1.10. The highest BCUT2D eigenvalue weighted by Crippen LogP contribution is 2.39. The van der Waals surface area contributed by atoms with Crippen molar-refractivity contribution in [3.63, 3.8) is 0 Å². The van der Waals surface area contributed by atoms with Crippen LogP contribution in [-0.2, 0) is 11.0 Å². The highest BCUT2D eigenvalue weighted by atomic mass is 32.2. The Morgan fingerprint density at radius 3 is 2.70 bits per heavy atom. The van der Waals surface area contributed by atoms with E-state index in [1.54, 1.807) is 13.2 Å². The molecule has 1 fully saturated rings. The Balaban J connectivity index is 2.36. The molecule has 3 nitrogen and oxygen atoms in total. The van der Waals surface area contributed by atoms with E-state index in [0.29, 0.717) is 5.75 Å². The third-order valence-electron chi connectivity index (χ3n) is 3.49. The fourth-order valence-corrected chi connectivity index (χ4v) is 4.02. The van der Waals surface area contributed by atoms with Gasteiger partial charge in [0.2, 0.25) is 0 Å². The van der Waals surface area contributed by atoms with Crippen LogP contribution in [0, 0.1) is 5.82 Å². The lowest BCUT2D eigenvalue weighted by Gasteiger charge is -2.30. The van der Waals surface area contributed by atoms with Crippen LogP contribution in [0.25, 0.3) is 0 Å². The SMILES string of the molecule is COc1ccc(F)cc1[C@@H]1CCCN1S(=O)C(C)(C)C. The molecule has 0 bridgehead atoms. The monoisotopic (exact) mass is 299 g/mol. The fourth-order valence-electron chi connectivity index (χ4n) is 2.57. The number of nitrogens with zero attached hydrogens (tertiary/aromatic N) is 1. The molecule has 0 amide bonds. The zero-order valence-electron chi connectivity index (χ0n) is 12.5. The normalized spacial score (nSPS) is 21.9. The molecular weight excluding hydrogens is 277 g/mol. The van der Waals surface area contributed by atoms with Crippen LogP contribution in [0.2, 0.25) is 0 Å². The maximum Gasteiger partial charge on any atom is 0.123 e. The first-order chi connectivity index (χ1) is 9.34. The van der Waals surface area contributed by atoms with Crippen molar-refractivity contribution in [1.29, 1.82) is 0 Å². The summed E-state index contributed by atoms with van der Waals surface area (Å²) in [7, 11) is 0.475. The third-order valence-corrected chi connectivity index (χ3v) is 5.40. The van der Waals surface area contributed by atoms with Gasteiger partial charge in [0.05, 0.1) is 17.9 Å². The summed E-state index contributed by atoms with van der Waals surface area (Å²) in [6.07, 6.45) is 1.84. The minimum absolute atomic E-state index is 0.0410. The Labute approximate surface area is 122 Å². The molecule has 2 atom stereocenters. The van der Waals surface area contributed by atoms with Gasteiger partial charge in [-0.25, -0.2) is 12.9 Å². The molecule has 112 valence electrons. The second kappa shape index (κ2) is 5.82. The molecule has 20 heavy (non-hydrogen) atoms. The van der Waals surface area contributed by atoms with Crippen LogP contribution < -0.4 is 4.74 Å². The van der Waals surface area contributed by atoms with Crippen LogP contribution >= 0.6 is 0 Å². The van der Waals surface area contributed by atoms with Crippen molar-refractivity contribution >= 4 is 11.0 Å². The van der Waals surface area contributed by atoms with Gasteiger partial charge in [-0.2, -0.15) is 0 Å². The van der Waals surface area contributed by atoms with E-state index in [4.69, 9.17) is 4.74 Å². The molecule has 0 spiro atoms. The molecule has 0 radical (unpaired) electrons. The van der Waals surface area contributed by atoms with Gasteiger partial charge in [-0.3, -0.25) is 0 Å². The molecule has 1 aliphatic heterocycles. The summed E-state index contributed by atoms with van der Waals surface area (Å²) in [4.78, 5) is 0. The van der Waals surface area contributed by atoms with Crippen molar-refractivity contribution in [3.05, 3.63) is 29.6 Å². The average Bonchev–Trinajstić information content (AvgIpc) is 2.85. The van der Waals surface area contributed by atoms with Gasteiger partial charge in [0, 0.05) is 12.1 Å². The average molecular weight is 299 g/mol. The van der Waals surface area contributed by atoms with E-state index in [9.17, 15) is 8.60 Å². The fraction of sp³-hybridized carbons (Fsp3) is 0.600. The highest BCUT2D eigenvalue weighted by Gasteiger charge is 2.36. The van der Waals surface area contributed by atoms with E-state index >= 15 is 0 Å². The van der Waals surface area contributed by atoms with Crippen LogP contribution in [0.3, 0.4) is 0 Å². The van der Waals surface area contributed by atoms with Crippen LogP contribution in [0.1, 0.15) is 45.2 Å². The standard InChI is InChI=1S/C15H22FNO2S/c1-15(2,3)20(18)17-9-5-6-13(17)12-10-11(16)7-8-14(12)19-4/h7-8,10,13H,5-6,9H2,1-4H3/t13-,20?/m0/s1. The molecule has 1 aromatic rings. The summed E-state index contributed by atoms with van der Waals surface area (Å²) in [5.41, 5.74) is 0.794. The van der Waals surface area contributed by atoms with Gasteiger partial charge in [0.15, 0.2) is 0 Å². The first-order valence-corrected chi connectivity index (χ1v) is 7.97. The van der Waals surface area contributed by atoms with Gasteiger partial charge in [-0.15, -0.1) is 0 Å². The van der Waals surface area contributed by atoms with E-state index in [0.717, 1.165) is 24.9 Å². The van der Waals surface area contributed by atoms with Gasteiger partial charge >= 0.3 is 0 Å². The summed E-state index contributed by atoms with van der Waals surface area (Å²) in [5.74, 6) is 0.378. The molecule has 1 saturated heterocycles. The molecule has 0 N–H and O–H groups in total. The Kier molecular flexibility index (Phi) is 4.49. The zero-order chi connectivity index (χ0) is 14.9. The number of methoxy groups -OCH3 is 1. The molecule has 0 aromatic heterocycles. The topological polar surface area (TPSA) is 29.5 Å². The molecule has 1 aliphatic rings. The summed E-state index contributed by atoms with van der Waals surface area (Å²) in [6.45, 7) is 6.65. The highest BCUT2D eigenvalue weighted by molar-refractivity contribution is 7.84. The lowest BCUT2D eigenvalue weighted by molar-refractivity contribution is 0.372. The van der Waals surface area contributed by atoms with Crippen molar-refractivity contribution in [1.82, 2.24) is 4.31 Å². The van der Waals surface area contributed by atoms with Gasteiger partial charge in [-0.1, -0.05) is 0 Å². The summed E-state index contributed by atoms with van der Waals surface area (Å²) >= 11 is 0. The first-order valence-electron chi connectivity index (χ1n) is 6.86. The summed E-state index contributed by atoms with van der Waals surface area (Å²) in [5, 5.41) is 0. The molecule has 1 heterocycles. The van der Waals surface area contributed by atoms with Crippen LogP contribution in [0.4, 0.5) is 4.39 Å². The largest absolute Gasteiger partial charge is 0.496 e. The van der Waals surface area contributed by atoms with Crippen molar-refractivity contribution in [3.8, 4) is 5.75 Å². The van der Waals surface area contributed by atoms with Crippen molar-refractivity contribution in [2.45, 2.75) is 44.4 Å². The number of benzene rings is 1. The molecule has 0 saturated carbocycles. The molecule has 2 rings (SSSR count). The molecule has 5 heteroatoms. The Bertz CT molecular complexity index is 513. The Hall–Kier alpha value is -0.940. The summed E-state index contributed by atoms with van der Waals surface area (Å²) in [6, 6.07) is 4.49. The second-order valence-corrected chi connectivity index (χ2v) is 8.24. The van der Waals surface area contributed by atoms with Crippen molar-refractivity contribution in [2.24, 2.45) is 0 Å². The zero-order valence-corrected chi connectivity index (χ0v) is 13.3. The maximum absolute atomic E-state index is 13.5. The van der Waals surface area contributed by atoms with E-state index in [1.165, 1.54) is 12.1 Å². The summed E-state index contributed by atoms with van der Waals surface area (Å²) < 4.78 is 33.2. The van der Waals surface area contributed by atoms with Gasteiger partial charge in [0.25, 0.3) is 0 Å². The van der Waals surface area contributed by atoms with Gasteiger partial charge in [-0.05, 0) is 51.8 Å². The minimum Gasteiger partial charge on any atom is -0.496 e. The number of halogens is 1. The lowest BCUT2D eigenvalue weighted by atomic mass is 10.0. The number of hydrogen-bond acceptors (Lipinski definition) is 2. The smallest absolute Gasteiger partial charge is 0.123 e. The predicted octanol–water partition coefficient (Wildman–Crippen LogP) is 3.43. The molecule has 0 aliphatic carbocycles. The molecule has 1 aromatic carbocycles. The number of rotatable bonds is 3. The van der Waals surface area contributed by atoms with Crippen molar-refractivity contribution < 1.29 is 13.3 Å². The number of hydrogen-bond donors (Lipinski definition) is 0. The van der Waals surface area contributed by atoms with Crippen LogP contribution in [0.15, 0.2) is 18.2 Å². The predicted molar refractivity (Wildman–Crippen MR) is 79.5 cm³/mol. The quantitative estimate of drug-likeness (QED) is 0.855. The lowest BCUT2D eigenvalue weighted by Crippen LogP contribution is -2.37. The molecule has 1 unspecified atom stereocenters. The Morgan fingerprint density at radius 1 is 1.40 bits per heavy atom. The third kappa shape index (κ3) is 3.04. The molecular formula is C15H22FNO2S. The van der Waals surface area contributed by atoms with Crippen molar-refractivity contribution in [2.75, 3.05) is 13.7 Å². The van der Waals surface area contributed by atoms with Crippen LogP contribution in [0.5, 0.6) is 5.75 Å².